The Morgan fingerprint density at radius 3 is 2.70 bits per heavy atom. The lowest BCUT2D eigenvalue weighted by atomic mass is 9.83. The van der Waals surface area contributed by atoms with Crippen LogP contribution in [0.1, 0.15) is 26.2 Å². The average Bonchev–Trinajstić information content (AvgIpc) is 3.23. The van der Waals surface area contributed by atoms with Gasteiger partial charge in [-0.2, -0.15) is 0 Å². The maximum absolute atomic E-state index is 12.1. The van der Waals surface area contributed by atoms with Crippen molar-refractivity contribution in [1.82, 2.24) is 5.32 Å². The lowest BCUT2D eigenvalue weighted by molar-refractivity contribution is -0.147. The van der Waals surface area contributed by atoms with E-state index in [4.69, 9.17) is 10.8 Å². The first kappa shape index (κ1) is 17.6. The van der Waals surface area contributed by atoms with Crippen molar-refractivity contribution in [3.8, 4) is 0 Å². The van der Waals surface area contributed by atoms with Crippen molar-refractivity contribution in [2.45, 2.75) is 50.5 Å². The number of carbonyl (C=O) groups is 3. The van der Waals surface area contributed by atoms with Crippen molar-refractivity contribution in [2.24, 2.45) is 17.1 Å². The number of nitrogens with two attached hydrogens (primary N) is 1. The van der Waals surface area contributed by atoms with E-state index in [1.54, 1.807) is 13.0 Å². The number of carboxylic acid groups (broad SMARTS) is 1. The molecule has 6 atom stereocenters. The molecule has 0 radical (unpaired) electrons. The number of allylic oxidation sites excluding steroid dienone is 2. The van der Waals surface area contributed by atoms with Crippen molar-refractivity contribution in [2.75, 3.05) is 0 Å². The molecule has 2 rings (SSSR count). The summed E-state index contributed by atoms with van der Waals surface area (Å²) < 4.78 is 0. The molecule has 8 nitrogen and oxygen atoms in total. The molecule has 0 unspecified atom stereocenters. The Morgan fingerprint density at radius 2 is 2.13 bits per heavy atom. The molecule has 128 valence electrons. The molecule has 6 N–H and O–H groups in total. The number of aliphatic hydroxyl groups excluding tert-OH is 2. The Hall–Kier alpha value is -1.77. The Kier molecular flexibility index (Phi) is 4.88. The lowest BCUT2D eigenvalue weighted by Gasteiger charge is -2.29. The summed E-state index contributed by atoms with van der Waals surface area (Å²) in [7, 11) is 0. The van der Waals surface area contributed by atoms with Gasteiger partial charge in [-0.25, -0.2) is 4.79 Å². The summed E-state index contributed by atoms with van der Waals surface area (Å²) in [4.78, 5) is 34.6. The third-order valence-electron chi connectivity index (χ3n) is 4.77. The van der Waals surface area contributed by atoms with Gasteiger partial charge in [-0.15, -0.1) is 0 Å². The Bertz CT molecular complexity index is 548. The number of amides is 1. The van der Waals surface area contributed by atoms with E-state index >= 15 is 0 Å². The summed E-state index contributed by atoms with van der Waals surface area (Å²) in [6, 6.07) is -1.93. The predicted molar refractivity (Wildman–Crippen MR) is 79.2 cm³/mol. The molecule has 1 fully saturated rings. The molecular formula is C15H22N2O6. The monoisotopic (exact) mass is 326 g/mol. The zero-order chi connectivity index (χ0) is 17.4. The van der Waals surface area contributed by atoms with Crippen molar-refractivity contribution in [3.63, 3.8) is 0 Å². The van der Waals surface area contributed by atoms with Crippen molar-refractivity contribution < 1.29 is 29.7 Å². The van der Waals surface area contributed by atoms with Gasteiger partial charge in [-0.1, -0.05) is 6.08 Å². The third-order valence-corrected chi connectivity index (χ3v) is 4.77. The predicted octanol–water partition coefficient (Wildman–Crippen LogP) is -1.45. The minimum atomic E-state index is -1.73. The van der Waals surface area contributed by atoms with Gasteiger partial charge >= 0.3 is 5.97 Å². The van der Waals surface area contributed by atoms with E-state index in [1.807, 2.05) is 0 Å². The van der Waals surface area contributed by atoms with E-state index < -0.39 is 48.0 Å². The molecule has 2 aliphatic rings. The highest BCUT2D eigenvalue weighted by molar-refractivity contribution is 5.99. The second-order valence-corrected chi connectivity index (χ2v) is 6.38. The van der Waals surface area contributed by atoms with Crippen LogP contribution in [-0.2, 0) is 14.4 Å². The van der Waals surface area contributed by atoms with Gasteiger partial charge in [-0.05, 0) is 31.8 Å². The second kappa shape index (κ2) is 6.38. The molecule has 1 amide bonds. The van der Waals surface area contributed by atoms with Crippen molar-refractivity contribution in [1.29, 1.82) is 0 Å². The van der Waals surface area contributed by atoms with E-state index in [0.29, 0.717) is 6.42 Å². The average molecular weight is 326 g/mol. The van der Waals surface area contributed by atoms with Crippen LogP contribution in [0.25, 0.3) is 0 Å². The molecule has 0 aromatic rings. The molecule has 0 spiro atoms. The van der Waals surface area contributed by atoms with E-state index in [1.165, 1.54) is 6.08 Å². The molecule has 0 saturated heterocycles. The van der Waals surface area contributed by atoms with Gasteiger partial charge in [-0.3, -0.25) is 9.59 Å². The molecule has 0 aromatic heterocycles. The standard InChI is InChI=1S/C15H22N2O6/c1-7(17-13(21)9(16)5-10(18)14(22)23)12(20)15-6-8(15)3-2-4-11(15)19/h2,4,7-10,12,18,20H,3,5-6,16H2,1H3,(H,17,21)(H,22,23)/t7-,8+,9-,10+,12-,15+/m1/s1. The van der Waals surface area contributed by atoms with Gasteiger partial charge in [0.2, 0.25) is 5.91 Å². The van der Waals surface area contributed by atoms with Crippen LogP contribution < -0.4 is 11.1 Å². The Morgan fingerprint density at radius 1 is 1.48 bits per heavy atom. The highest BCUT2D eigenvalue weighted by Crippen LogP contribution is 2.60. The first-order valence-electron chi connectivity index (χ1n) is 7.56. The number of aliphatic hydroxyl groups is 2. The molecular weight excluding hydrogens is 304 g/mol. The Labute approximate surface area is 133 Å². The van der Waals surface area contributed by atoms with E-state index in [2.05, 4.69) is 5.32 Å². The van der Waals surface area contributed by atoms with Crippen molar-refractivity contribution >= 4 is 17.7 Å². The number of ketones is 1. The normalized spacial score (nSPS) is 30.8. The topological polar surface area (TPSA) is 150 Å². The van der Waals surface area contributed by atoms with Crippen LogP contribution >= 0.6 is 0 Å². The zero-order valence-electron chi connectivity index (χ0n) is 12.8. The van der Waals surface area contributed by atoms with Gasteiger partial charge < -0.3 is 26.4 Å². The van der Waals surface area contributed by atoms with Gasteiger partial charge in [0.05, 0.1) is 23.6 Å². The quantitative estimate of drug-likeness (QED) is 0.384. The van der Waals surface area contributed by atoms with Crippen LogP contribution in [0.2, 0.25) is 0 Å². The molecule has 0 aliphatic heterocycles. The SMILES string of the molecule is C[C@@H](NC(=O)[C@H](N)C[C@H](O)C(=O)O)[C@@H](O)[C@@]12C[C@@H]1CC=CC2=O. The summed E-state index contributed by atoms with van der Waals surface area (Å²) in [5.41, 5.74) is 4.73. The first-order valence-corrected chi connectivity index (χ1v) is 7.56. The highest BCUT2D eigenvalue weighted by Gasteiger charge is 2.64. The molecule has 0 aromatic carbocycles. The maximum atomic E-state index is 12.1. The fourth-order valence-corrected chi connectivity index (χ4v) is 3.25. The second-order valence-electron chi connectivity index (χ2n) is 6.38. The van der Waals surface area contributed by atoms with Crippen LogP contribution in [0.15, 0.2) is 12.2 Å². The summed E-state index contributed by atoms with van der Waals surface area (Å²) in [5, 5.41) is 30.8. The molecule has 23 heavy (non-hydrogen) atoms. The number of aliphatic carboxylic acids is 1. The van der Waals surface area contributed by atoms with Crippen LogP contribution in [0.4, 0.5) is 0 Å². The van der Waals surface area contributed by atoms with E-state index in [9.17, 15) is 24.6 Å². The molecule has 1 saturated carbocycles. The summed E-state index contributed by atoms with van der Waals surface area (Å²) in [6.07, 6.45) is 1.38. The molecule has 0 heterocycles. The third kappa shape index (κ3) is 3.29. The summed E-state index contributed by atoms with van der Waals surface area (Å²) in [5.74, 6) is -2.17. The van der Waals surface area contributed by atoms with Gasteiger partial charge in [0.15, 0.2) is 11.9 Å². The first-order chi connectivity index (χ1) is 10.7. The Balaban J connectivity index is 1.92. The van der Waals surface area contributed by atoms with Gasteiger partial charge in [0, 0.05) is 6.42 Å². The minimum Gasteiger partial charge on any atom is -0.479 e. The molecule has 8 heteroatoms. The van der Waals surface area contributed by atoms with Crippen LogP contribution in [0.5, 0.6) is 0 Å². The number of hydrogen-bond acceptors (Lipinski definition) is 6. The fourth-order valence-electron chi connectivity index (χ4n) is 3.25. The van der Waals surface area contributed by atoms with Crippen LogP contribution in [-0.4, -0.2) is 57.3 Å². The number of hydrogen-bond donors (Lipinski definition) is 5. The lowest BCUT2D eigenvalue weighted by Crippen LogP contribution is -2.53. The van der Waals surface area contributed by atoms with Crippen molar-refractivity contribution in [3.05, 3.63) is 12.2 Å². The number of fused-ring (bicyclic) bond motifs is 1. The van der Waals surface area contributed by atoms with Gasteiger partial charge in [0.1, 0.15) is 0 Å². The molecule has 0 bridgehead atoms. The maximum Gasteiger partial charge on any atom is 0.332 e. The minimum absolute atomic E-state index is 0.0943. The van der Waals surface area contributed by atoms with Crippen LogP contribution in [0, 0.1) is 11.3 Å². The number of rotatable bonds is 7. The number of carbonyl (C=O) groups excluding carboxylic acids is 2. The molecule has 2 aliphatic carbocycles. The number of nitrogens with one attached hydrogen (secondary N) is 1. The van der Waals surface area contributed by atoms with Gasteiger partial charge in [0.25, 0.3) is 0 Å². The van der Waals surface area contributed by atoms with Crippen LogP contribution in [0.3, 0.4) is 0 Å². The highest BCUT2D eigenvalue weighted by atomic mass is 16.4. The van der Waals surface area contributed by atoms with E-state index in [0.717, 1.165) is 6.42 Å². The summed E-state index contributed by atoms with van der Waals surface area (Å²) in [6.45, 7) is 1.57. The largest absolute Gasteiger partial charge is 0.479 e. The van der Waals surface area contributed by atoms with E-state index in [-0.39, 0.29) is 11.7 Å². The summed E-state index contributed by atoms with van der Waals surface area (Å²) >= 11 is 0. The fraction of sp³-hybridized carbons (Fsp3) is 0.667. The zero-order valence-corrected chi connectivity index (χ0v) is 12.8. The number of carboxylic acids is 1. The smallest absolute Gasteiger partial charge is 0.332 e.